The molecule has 2 fully saturated rings. The van der Waals surface area contributed by atoms with Crippen molar-refractivity contribution in [2.24, 2.45) is 0 Å². The van der Waals surface area contributed by atoms with Crippen LogP contribution in [0.5, 0.6) is 0 Å². The van der Waals surface area contributed by atoms with Gasteiger partial charge in [0.15, 0.2) is 9.84 Å². The molecule has 2 aliphatic rings. The molecule has 2 amide bonds. The van der Waals surface area contributed by atoms with Gasteiger partial charge in [-0.1, -0.05) is 30.3 Å². The van der Waals surface area contributed by atoms with Crippen molar-refractivity contribution in [3.63, 3.8) is 0 Å². The Morgan fingerprint density at radius 1 is 1.15 bits per heavy atom. The van der Waals surface area contributed by atoms with E-state index in [-0.39, 0.29) is 37.1 Å². The monoisotopic (exact) mass is 378 g/mol. The summed E-state index contributed by atoms with van der Waals surface area (Å²) in [6.45, 7) is 4.30. The third-order valence-corrected chi connectivity index (χ3v) is 7.94. The van der Waals surface area contributed by atoms with E-state index >= 15 is 0 Å². The standard InChI is InChI=1S/C19H26N2O4S/c1-19(2)14-20(11-12-26(19,24)25)18(23)16-9-6-10-21(16)17(22)13-15-7-4-3-5-8-15/h3-5,7-8,16H,6,9-14H2,1-2H3. The molecule has 2 aliphatic heterocycles. The summed E-state index contributed by atoms with van der Waals surface area (Å²) in [5, 5.41) is 0. The Hall–Kier alpha value is -1.89. The van der Waals surface area contributed by atoms with Gasteiger partial charge in [0, 0.05) is 19.6 Å². The molecule has 3 rings (SSSR count). The second kappa shape index (κ2) is 7.02. The van der Waals surface area contributed by atoms with Crippen LogP contribution >= 0.6 is 0 Å². The normalized spacial score (nSPS) is 24.5. The summed E-state index contributed by atoms with van der Waals surface area (Å²) in [4.78, 5) is 29.0. The lowest BCUT2D eigenvalue weighted by Gasteiger charge is -2.39. The van der Waals surface area contributed by atoms with E-state index in [1.54, 1.807) is 23.6 Å². The van der Waals surface area contributed by atoms with Crippen molar-refractivity contribution in [1.82, 2.24) is 9.80 Å². The van der Waals surface area contributed by atoms with Gasteiger partial charge in [0.25, 0.3) is 0 Å². The van der Waals surface area contributed by atoms with Gasteiger partial charge in [-0.05, 0) is 32.3 Å². The van der Waals surface area contributed by atoms with Crippen LogP contribution in [0.2, 0.25) is 0 Å². The lowest BCUT2D eigenvalue weighted by molar-refractivity contribution is -0.143. The third-order valence-electron chi connectivity index (χ3n) is 5.41. The Bertz CT molecular complexity index is 789. The van der Waals surface area contributed by atoms with E-state index in [1.807, 2.05) is 30.3 Å². The fourth-order valence-corrected chi connectivity index (χ4v) is 5.10. The molecule has 1 aromatic rings. The molecule has 2 heterocycles. The number of amides is 2. The van der Waals surface area contributed by atoms with Crippen molar-refractivity contribution >= 4 is 21.7 Å². The van der Waals surface area contributed by atoms with Crippen LogP contribution in [0.1, 0.15) is 32.3 Å². The highest BCUT2D eigenvalue weighted by Crippen LogP contribution is 2.27. The van der Waals surface area contributed by atoms with Crippen molar-refractivity contribution in [3.05, 3.63) is 35.9 Å². The first-order chi connectivity index (χ1) is 12.2. The predicted octanol–water partition coefficient (Wildman–Crippen LogP) is 1.26. The van der Waals surface area contributed by atoms with Crippen molar-refractivity contribution in [2.45, 2.75) is 43.9 Å². The van der Waals surface area contributed by atoms with E-state index in [1.165, 1.54) is 0 Å². The van der Waals surface area contributed by atoms with E-state index in [9.17, 15) is 18.0 Å². The molecule has 0 spiro atoms. The maximum Gasteiger partial charge on any atom is 0.245 e. The fraction of sp³-hybridized carbons (Fsp3) is 0.579. The minimum atomic E-state index is -3.20. The fourth-order valence-electron chi connectivity index (χ4n) is 3.74. The molecule has 0 N–H and O–H groups in total. The van der Waals surface area contributed by atoms with E-state index in [2.05, 4.69) is 0 Å². The number of hydrogen-bond donors (Lipinski definition) is 0. The first-order valence-corrected chi connectivity index (χ1v) is 10.7. The first-order valence-electron chi connectivity index (χ1n) is 9.06. The molecule has 1 unspecified atom stereocenters. The number of likely N-dealkylation sites (tertiary alicyclic amines) is 1. The summed E-state index contributed by atoms with van der Waals surface area (Å²) in [6, 6.07) is 9.04. The molecule has 2 saturated heterocycles. The van der Waals surface area contributed by atoms with Gasteiger partial charge in [-0.3, -0.25) is 9.59 Å². The van der Waals surface area contributed by atoms with Crippen LogP contribution in [-0.4, -0.2) is 66.2 Å². The summed E-state index contributed by atoms with van der Waals surface area (Å²) in [6.07, 6.45) is 1.72. The molecule has 1 atom stereocenters. The van der Waals surface area contributed by atoms with Crippen molar-refractivity contribution in [2.75, 3.05) is 25.4 Å². The number of sulfone groups is 1. The molecule has 0 bridgehead atoms. The number of rotatable bonds is 3. The van der Waals surface area contributed by atoms with Crippen molar-refractivity contribution in [1.29, 1.82) is 0 Å². The van der Waals surface area contributed by atoms with E-state index in [0.29, 0.717) is 13.0 Å². The van der Waals surface area contributed by atoms with Crippen LogP contribution in [0, 0.1) is 0 Å². The highest BCUT2D eigenvalue weighted by molar-refractivity contribution is 7.92. The van der Waals surface area contributed by atoms with Crippen LogP contribution in [0.25, 0.3) is 0 Å². The Balaban J connectivity index is 1.70. The van der Waals surface area contributed by atoms with Crippen LogP contribution < -0.4 is 0 Å². The third kappa shape index (κ3) is 3.63. The quantitative estimate of drug-likeness (QED) is 0.794. The molecule has 0 radical (unpaired) electrons. The van der Waals surface area contributed by atoms with Gasteiger partial charge in [-0.15, -0.1) is 0 Å². The Morgan fingerprint density at radius 3 is 2.50 bits per heavy atom. The van der Waals surface area contributed by atoms with Crippen LogP contribution in [-0.2, 0) is 25.8 Å². The van der Waals surface area contributed by atoms with E-state index in [0.717, 1.165) is 12.0 Å². The Kier molecular flexibility index (Phi) is 5.10. The van der Waals surface area contributed by atoms with Crippen LogP contribution in [0.4, 0.5) is 0 Å². The SMILES string of the molecule is CC1(C)CN(C(=O)C2CCCN2C(=O)Cc2ccccc2)CCS1(=O)=O. The van der Waals surface area contributed by atoms with Gasteiger partial charge in [0.1, 0.15) is 6.04 Å². The van der Waals surface area contributed by atoms with Crippen molar-refractivity contribution < 1.29 is 18.0 Å². The van der Waals surface area contributed by atoms with E-state index < -0.39 is 20.6 Å². The molecule has 0 saturated carbocycles. The summed E-state index contributed by atoms with van der Waals surface area (Å²) in [5.74, 6) is -0.181. The maximum absolute atomic E-state index is 13.0. The molecule has 142 valence electrons. The number of hydrogen-bond acceptors (Lipinski definition) is 4. The zero-order valence-electron chi connectivity index (χ0n) is 15.3. The number of carbonyl (C=O) groups is 2. The average Bonchev–Trinajstić information content (AvgIpc) is 3.07. The van der Waals surface area contributed by atoms with Crippen molar-refractivity contribution in [3.8, 4) is 0 Å². The first kappa shape index (κ1) is 18.9. The summed E-state index contributed by atoms with van der Waals surface area (Å²) in [5.41, 5.74) is 0.931. The van der Waals surface area contributed by atoms with Crippen LogP contribution in [0.15, 0.2) is 30.3 Å². The molecule has 0 aliphatic carbocycles. The Labute approximate surface area is 155 Å². The van der Waals surface area contributed by atoms with Gasteiger partial charge in [0.05, 0.1) is 16.9 Å². The van der Waals surface area contributed by atoms with Gasteiger partial charge in [-0.25, -0.2) is 8.42 Å². The number of carbonyl (C=O) groups excluding carboxylic acids is 2. The van der Waals surface area contributed by atoms with Gasteiger partial charge < -0.3 is 9.80 Å². The highest BCUT2D eigenvalue weighted by Gasteiger charge is 2.44. The molecular weight excluding hydrogens is 352 g/mol. The maximum atomic E-state index is 13.0. The minimum Gasteiger partial charge on any atom is -0.338 e. The van der Waals surface area contributed by atoms with Gasteiger partial charge in [-0.2, -0.15) is 0 Å². The smallest absolute Gasteiger partial charge is 0.245 e. The summed E-state index contributed by atoms with van der Waals surface area (Å²) < 4.78 is 23.4. The lowest BCUT2D eigenvalue weighted by atomic mass is 10.1. The molecule has 6 nitrogen and oxygen atoms in total. The second-order valence-electron chi connectivity index (χ2n) is 7.75. The predicted molar refractivity (Wildman–Crippen MR) is 99.3 cm³/mol. The minimum absolute atomic E-state index is 0.0174. The number of nitrogens with zero attached hydrogens (tertiary/aromatic N) is 2. The second-order valence-corrected chi connectivity index (χ2v) is 10.5. The molecule has 1 aromatic carbocycles. The Morgan fingerprint density at radius 2 is 1.85 bits per heavy atom. The molecule has 7 heteroatoms. The topological polar surface area (TPSA) is 74.8 Å². The zero-order chi connectivity index (χ0) is 18.9. The van der Waals surface area contributed by atoms with Crippen LogP contribution in [0.3, 0.4) is 0 Å². The average molecular weight is 378 g/mol. The molecule has 0 aromatic heterocycles. The highest BCUT2D eigenvalue weighted by atomic mass is 32.2. The lowest BCUT2D eigenvalue weighted by Crippen LogP contribution is -2.58. The largest absolute Gasteiger partial charge is 0.338 e. The zero-order valence-corrected chi connectivity index (χ0v) is 16.2. The molecular formula is C19H26N2O4S. The summed E-state index contributed by atoms with van der Waals surface area (Å²) >= 11 is 0. The van der Waals surface area contributed by atoms with E-state index in [4.69, 9.17) is 0 Å². The summed E-state index contributed by atoms with van der Waals surface area (Å²) in [7, 11) is -3.20. The molecule has 26 heavy (non-hydrogen) atoms. The van der Waals surface area contributed by atoms with Gasteiger partial charge in [0.2, 0.25) is 11.8 Å². The number of benzene rings is 1. The van der Waals surface area contributed by atoms with Gasteiger partial charge >= 0.3 is 0 Å².